The molecule has 40 heavy (non-hydrogen) atoms. The third kappa shape index (κ3) is 11.5. The number of hydrogen-bond acceptors (Lipinski definition) is 5. The van der Waals surface area contributed by atoms with Gasteiger partial charge in [0.25, 0.3) is 0 Å². The molecule has 1 aromatic rings. The Bertz CT molecular complexity index is 867. The molecule has 1 aliphatic carbocycles. The van der Waals surface area contributed by atoms with Crippen molar-refractivity contribution in [2.24, 2.45) is 23.7 Å². The van der Waals surface area contributed by atoms with E-state index in [0.717, 1.165) is 43.8 Å². The van der Waals surface area contributed by atoms with Crippen LogP contribution in [-0.2, 0) is 11.3 Å². The van der Waals surface area contributed by atoms with E-state index in [9.17, 15) is 9.90 Å². The first-order valence-electron chi connectivity index (χ1n) is 16.1. The van der Waals surface area contributed by atoms with Crippen LogP contribution in [0.5, 0.6) is 5.88 Å². The first-order valence-corrected chi connectivity index (χ1v) is 16.5. The molecule has 6 nitrogen and oxygen atoms in total. The van der Waals surface area contributed by atoms with Gasteiger partial charge in [-0.2, -0.15) is 0 Å². The predicted molar refractivity (Wildman–Crippen MR) is 167 cm³/mol. The first kappa shape index (κ1) is 34.8. The van der Waals surface area contributed by atoms with E-state index in [1.165, 1.54) is 25.7 Å². The lowest BCUT2D eigenvalue weighted by Crippen LogP contribution is -2.48. The molecule has 0 radical (unpaired) electrons. The summed E-state index contributed by atoms with van der Waals surface area (Å²) in [5.41, 5.74) is 0.901. The average molecular weight is 580 g/mol. The van der Waals surface area contributed by atoms with Crippen molar-refractivity contribution in [1.29, 1.82) is 0 Å². The molecule has 230 valence electrons. The van der Waals surface area contributed by atoms with E-state index in [1.54, 1.807) is 0 Å². The van der Waals surface area contributed by atoms with Gasteiger partial charge in [0.1, 0.15) is 5.02 Å². The lowest BCUT2D eigenvalue weighted by Gasteiger charge is -2.37. The van der Waals surface area contributed by atoms with Crippen LogP contribution >= 0.6 is 11.6 Å². The predicted octanol–water partition coefficient (Wildman–Crippen LogP) is 7.65. The molecule has 0 saturated heterocycles. The number of aliphatic hydroxyl groups is 1. The normalized spacial score (nSPS) is 20.8. The third-order valence-corrected chi connectivity index (χ3v) is 9.21. The minimum Gasteiger partial charge on any atom is -0.477 e. The Hall–Kier alpha value is -1.37. The fourth-order valence-electron chi connectivity index (χ4n) is 5.98. The standard InChI is InChI=1S/C33H58ClN3O3/c1-8-11-19-40-33-30(34)16-15-28(35-33)22-37(23(4)5)18-17-29(38)21-26(10-3)32(39)36-31(25(7)9-2)27-14-12-13-24(6)20-27/h15-16,23-27,29,31,38H,8-14,17-22H2,1-7H3,(H,36,39)/t24?,25?,26?,27?,29-,31?/m1/s1. The fraction of sp³-hybridized carbons (Fsp3) is 0.818. The Morgan fingerprint density at radius 3 is 2.58 bits per heavy atom. The Morgan fingerprint density at radius 1 is 1.20 bits per heavy atom. The maximum absolute atomic E-state index is 13.4. The molecule has 1 heterocycles. The molecular weight excluding hydrogens is 522 g/mol. The molecular formula is C33H58ClN3O3. The fourth-order valence-corrected chi connectivity index (χ4v) is 6.14. The zero-order chi connectivity index (χ0) is 29.7. The van der Waals surface area contributed by atoms with Gasteiger partial charge in [0.15, 0.2) is 0 Å². The summed E-state index contributed by atoms with van der Waals surface area (Å²) < 4.78 is 5.79. The Balaban J connectivity index is 1.95. The number of unbranched alkanes of at least 4 members (excludes halogenated alkanes) is 1. The summed E-state index contributed by atoms with van der Waals surface area (Å²) >= 11 is 6.31. The van der Waals surface area contributed by atoms with Gasteiger partial charge < -0.3 is 15.2 Å². The number of rotatable bonds is 18. The molecule has 6 atom stereocenters. The molecule has 0 spiro atoms. The third-order valence-electron chi connectivity index (χ3n) is 8.92. The van der Waals surface area contributed by atoms with Crippen LogP contribution < -0.4 is 10.1 Å². The number of carbonyl (C=O) groups excluding carboxylic acids is 1. The van der Waals surface area contributed by atoms with Gasteiger partial charge in [-0.3, -0.25) is 9.69 Å². The smallest absolute Gasteiger partial charge is 0.232 e. The molecule has 2 rings (SSSR count). The summed E-state index contributed by atoms with van der Waals surface area (Å²) in [5.74, 6) is 2.19. The van der Waals surface area contributed by atoms with Gasteiger partial charge in [-0.15, -0.1) is 0 Å². The van der Waals surface area contributed by atoms with Crippen LogP contribution in [0, 0.1) is 23.7 Å². The highest BCUT2D eigenvalue weighted by Crippen LogP contribution is 2.34. The maximum Gasteiger partial charge on any atom is 0.232 e. The van der Waals surface area contributed by atoms with Crippen LogP contribution in [0.15, 0.2) is 12.1 Å². The second-order valence-corrected chi connectivity index (χ2v) is 13.0. The largest absolute Gasteiger partial charge is 0.477 e. The lowest BCUT2D eigenvalue weighted by atomic mass is 9.74. The van der Waals surface area contributed by atoms with E-state index in [2.05, 4.69) is 63.7 Å². The monoisotopic (exact) mass is 579 g/mol. The first-order chi connectivity index (χ1) is 19.1. The van der Waals surface area contributed by atoms with Gasteiger partial charge in [-0.25, -0.2) is 4.98 Å². The summed E-state index contributed by atoms with van der Waals surface area (Å²) in [6.07, 6.45) is 9.38. The summed E-state index contributed by atoms with van der Waals surface area (Å²) in [7, 11) is 0. The van der Waals surface area contributed by atoms with E-state index in [-0.39, 0.29) is 23.9 Å². The highest BCUT2D eigenvalue weighted by atomic mass is 35.5. The number of carbonyl (C=O) groups is 1. The van der Waals surface area contributed by atoms with E-state index < -0.39 is 6.10 Å². The van der Waals surface area contributed by atoms with E-state index in [0.29, 0.717) is 48.7 Å². The second kappa shape index (κ2) is 18.2. The van der Waals surface area contributed by atoms with Crippen molar-refractivity contribution in [2.75, 3.05) is 13.2 Å². The highest BCUT2D eigenvalue weighted by molar-refractivity contribution is 6.31. The quantitative estimate of drug-likeness (QED) is 0.175. The van der Waals surface area contributed by atoms with Crippen LogP contribution in [0.25, 0.3) is 0 Å². The molecule has 0 bridgehead atoms. The topological polar surface area (TPSA) is 74.7 Å². The zero-order valence-corrected chi connectivity index (χ0v) is 27.2. The van der Waals surface area contributed by atoms with Gasteiger partial charge in [-0.05, 0) is 82.3 Å². The van der Waals surface area contributed by atoms with Gasteiger partial charge in [0.05, 0.1) is 18.4 Å². The minimum absolute atomic E-state index is 0.117. The number of amides is 1. The van der Waals surface area contributed by atoms with Crippen LogP contribution in [0.3, 0.4) is 0 Å². The number of aromatic nitrogens is 1. The molecule has 1 aliphatic rings. The Morgan fingerprint density at radius 2 is 1.95 bits per heavy atom. The van der Waals surface area contributed by atoms with Crippen molar-refractivity contribution in [1.82, 2.24) is 15.2 Å². The van der Waals surface area contributed by atoms with Gasteiger partial charge in [-0.1, -0.05) is 71.9 Å². The summed E-state index contributed by atoms with van der Waals surface area (Å²) in [4.78, 5) is 20.4. The van der Waals surface area contributed by atoms with Gasteiger partial charge >= 0.3 is 0 Å². The number of ether oxygens (including phenoxy) is 1. The summed E-state index contributed by atoms with van der Waals surface area (Å²) in [5, 5.41) is 15.0. The van der Waals surface area contributed by atoms with Gasteiger partial charge in [0, 0.05) is 31.1 Å². The average Bonchev–Trinajstić information content (AvgIpc) is 2.93. The van der Waals surface area contributed by atoms with Crippen LogP contribution in [0.1, 0.15) is 118 Å². The number of nitrogens with one attached hydrogen (secondary N) is 1. The number of halogens is 1. The van der Waals surface area contributed by atoms with Crippen molar-refractivity contribution in [3.05, 3.63) is 22.8 Å². The van der Waals surface area contributed by atoms with Crippen molar-refractivity contribution < 1.29 is 14.6 Å². The Kier molecular flexibility index (Phi) is 15.9. The lowest BCUT2D eigenvalue weighted by molar-refractivity contribution is -0.128. The van der Waals surface area contributed by atoms with Gasteiger partial charge in [0.2, 0.25) is 11.8 Å². The Labute approximate surface area is 250 Å². The highest BCUT2D eigenvalue weighted by Gasteiger charge is 2.32. The number of nitrogens with zero attached hydrogens (tertiary/aromatic N) is 2. The number of aliphatic hydroxyl groups excluding tert-OH is 1. The molecule has 7 heteroatoms. The molecule has 0 aromatic carbocycles. The van der Waals surface area contributed by atoms with Crippen LogP contribution in [0.2, 0.25) is 5.02 Å². The molecule has 2 N–H and O–H groups in total. The van der Waals surface area contributed by atoms with E-state index in [4.69, 9.17) is 16.3 Å². The molecule has 1 amide bonds. The van der Waals surface area contributed by atoms with Crippen molar-refractivity contribution in [3.8, 4) is 5.88 Å². The molecule has 1 aromatic heterocycles. The summed E-state index contributed by atoms with van der Waals surface area (Å²) in [6, 6.07) is 4.31. The second-order valence-electron chi connectivity index (χ2n) is 12.6. The number of hydrogen-bond donors (Lipinski definition) is 2. The molecule has 5 unspecified atom stereocenters. The maximum atomic E-state index is 13.4. The molecule has 0 aliphatic heterocycles. The summed E-state index contributed by atoms with van der Waals surface area (Å²) in [6.45, 7) is 17.3. The number of pyridine rings is 1. The minimum atomic E-state index is -0.528. The molecule has 1 fully saturated rings. The van der Waals surface area contributed by atoms with Crippen LogP contribution in [-0.4, -0.2) is 52.2 Å². The van der Waals surface area contributed by atoms with Crippen molar-refractivity contribution >= 4 is 17.5 Å². The molecule has 1 saturated carbocycles. The van der Waals surface area contributed by atoms with Crippen LogP contribution in [0.4, 0.5) is 0 Å². The SMILES string of the molecule is CCCCOc1nc(CN(CC[C@@H](O)CC(CC)C(=O)NC(C(C)CC)C2CCCC(C)C2)C(C)C)ccc1Cl. The van der Waals surface area contributed by atoms with E-state index >= 15 is 0 Å². The zero-order valence-electron chi connectivity index (χ0n) is 26.4. The van der Waals surface area contributed by atoms with Crippen molar-refractivity contribution in [2.45, 2.75) is 137 Å². The van der Waals surface area contributed by atoms with E-state index in [1.807, 2.05) is 12.1 Å². The van der Waals surface area contributed by atoms with Crippen molar-refractivity contribution in [3.63, 3.8) is 0 Å².